The maximum atomic E-state index is 5.65. The van der Waals surface area contributed by atoms with Crippen LogP contribution < -0.4 is 5.32 Å². The number of rotatable bonds is 2. The number of hydrogen-bond acceptors (Lipinski definition) is 3. The summed E-state index contributed by atoms with van der Waals surface area (Å²) in [5.74, 6) is 0. The molecule has 0 saturated carbocycles. The first-order valence-electron chi connectivity index (χ1n) is 6.33. The predicted octanol–water partition coefficient (Wildman–Crippen LogP) is 1.24. The van der Waals surface area contributed by atoms with Crippen LogP contribution in [0.5, 0.6) is 0 Å². The van der Waals surface area contributed by atoms with Crippen molar-refractivity contribution < 1.29 is 4.74 Å². The van der Waals surface area contributed by atoms with Gasteiger partial charge in [0.25, 0.3) is 0 Å². The molecule has 0 bridgehead atoms. The molecule has 2 aliphatic heterocycles. The predicted molar refractivity (Wildman–Crippen MR) is 62.1 cm³/mol. The zero-order chi connectivity index (χ0) is 10.7. The maximum absolute atomic E-state index is 5.65. The van der Waals surface area contributed by atoms with Crippen LogP contribution in [-0.2, 0) is 4.74 Å². The van der Waals surface area contributed by atoms with Crippen molar-refractivity contribution in [1.82, 2.24) is 10.2 Å². The van der Waals surface area contributed by atoms with E-state index >= 15 is 0 Å². The quantitative estimate of drug-likeness (QED) is 0.745. The van der Waals surface area contributed by atoms with Crippen molar-refractivity contribution >= 4 is 0 Å². The summed E-state index contributed by atoms with van der Waals surface area (Å²) in [6, 6.07) is 1.34. The fourth-order valence-corrected chi connectivity index (χ4v) is 2.87. The molecule has 1 N–H and O–H groups in total. The Kier molecular flexibility index (Phi) is 4.00. The van der Waals surface area contributed by atoms with Crippen molar-refractivity contribution in [2.45, 2.75) is 50.8 Å². The van der Waals surface area contributed by atoms with E-state index in [4.69, 9.17) is 4.74 Å². The van der Waals surface area contributed by atoms with E-state index in [1.165, 1.54) is 32.2 Å². The molecular weight excluding hydrogens is 188 g/mol. The van der Waals surface area contributed by atoms with E-state index < -0.39 is 0 Å². The summed E-state index contributed by atoms with van der Waals surface area (Å²) in [4.78, 5) is 2.55. The molecule has 2 saturated heterocycles. The van der Waals surface area contributed by atoms with Gasteiger partial charge in [0.2, 0.25) is 0 Å². The van der Waals surface area contributed by atoms with E-state index in [9.17, 15) is 0 Å². The highest BCUT2D eigenvalue weighted by Gasteiger charge is 2.31. The van der Waals surface area contributed by atoms with Crippen LogP contribution in [-0.4, -0.2) is 49.8 Å². The summed E-state index contributed by atoms with van der Waals surface area (Å²) >= 11 is 0. The Labute approximate surface area is 93.2 Å². The van der Waals surface area contributed by atoms with Crippen LogP contribution in [0.25, 0.3) is 0 Å². The number of nitrogens with one attached hydrogen (secondary N) is 1. The lowest BCUT2D eigenvalue weighted by Crippen LogP contribution is -2.47. The van der Waals surface area contributed by atoms with E-state index in [-0.39, 0.29) is 0 Å². The number of likely N-dealkylation sites (N-methyl/N-ethyl adjacent to an activating group) is 1. The lowest BCUT2D eigenvalue weighted by Gasteiger charge is -2.33. The Morgan fingerprint density at radius 3 is 2.87 bits per heavy atom. The van der Waals surface area contributed by atoms with Crippen molar-refractivity contribution in [1.29, 1.82) is 0 Å². The van der Waals surface area contributed by atoms with Gasteiger partial charge in [-0.15, -0.1) is 0 Å². The summed E-state index contributed by atoms with van der Waals surface area (Å²) in [5, 5.41) is 3.53. The molecule has 0 aromatic rings. The third-order valence-electron chi connectivity index (χ3n) is 3.96. The summed E-state index contributed by atoms with van der Waals surface area (Å²) in [5.41, 5.74) is 0. The van der Waals surface area contributed by atoms with E-state index in [0.717, 1.165) is 13.2 Å². The average molecular weight is 212 g/mol. The van der Waals surface area contributed by atoms with Crippen molar-refractivity contribution in [3.8, 4) is 0 Å². The molecule has 0 aromatic carbocycles. The van der Waals surface area contributed by atoms with E-state index in [1.807, 2.05) is 0 Å². The van der Waals surface area contributed by atoms with Gasteiger partial charge in [-0.3, -0.25) is 4.90 Å². The van der Waals surface area contributed by atoms with Gasteiger partial charge in [-0.25, -0.2) is 0 Å². The molecule has 0 radical (unpaired) electrons. The molecule has 3 unspecified atom stereocenters. The molecule has 3 nitrogen and oxygen atoms in total. The minimum absolute atomic E-state index is 0.415. The van der Waals surface area contributed by atoms with Gasteiger partial charge in [-0.2, -0.15) is 0 Å². The van der Waals surface area contributed by atoms with Gasteiger partial charge in [0.15, 0.2) is 0 Å². The SMILES string of the molecule is CC1OCCC1N(C)C1CCCCNC1. The molecular formula is C12H24N2O. The monoisotopic (exact) mass is 212 g/mol. The molecule has 0 aliphatic carbocycles. The van der Waals surface area contributed by atoms with Crippen LogP contribution in [0.2, 0.25) is 0 Å². The van der Waals surface area contributed by atoms with Crippen molar-refractivity contribution in [3.63, 3.8) is 0 Å². The Balaban J connectivity index is 1.90. The lowest BCUT2D eigenvalue weighted by molar-refractivity contribution is 0.0662. The molecule has 88 valence electrons. The molecule has 2 aliphatic rings. The van der Waals surface area contributed by atoms with Gasteiger partial charge < -0.3 is 10.1 Å². The Morgan fingerprint density at radius 1 is 1.27 bits per heavy atom. The molecule has 2 fully saturated rings. The first kappa shape index (κ1) is 11.4. The Morgan fingerprint density at radius 2 is 2.13 bits per heavy atom. The maximum Gasteiger partial charge on any atom is 0.0703 e. The van der Waals surface area contributed by atoms with Crippen molar-refractivity contribution in [3.05, 3.63) is 0 Å². The third kappa shape index (κ3) is 2.71. The standard InChI is InChI=1S/C12H24N2O/c1-10-12(6-8-15-10)14(2)11-5-3-4-7-13-9-11/h10-13H,3-9H2,1-2H3. The van der Waals surface area contributed by atoms with E-state index in [1.54, 1.807) is 0 Å². The molecule has 3 atom stereocenters. The molecule has 2 heterocycles. The lowest BCUT2D eigenvalue weighted by atomic mass is 10.0. The zero-order valence-corrected chi connectivity index (χ0v) is 10.0. The second-order valence-corrected chi connectivity index (χ2v) is 4.95. The Bertz CT molecular complexity index is 190. The summed E-state index contributed by atoms with van der Waals surface area (Å²) in [6.45, 7) is 5.50. The Hall–Kier alpha value is -0.120. The number of nitrogens with zero attached hydrogens (tertiary/aromatic N) is 1. The summed E-state index contributed by atoms with van der Waals surface area (Å²) < 4.78 is 5.65. The normalized spacial score (nSPS) is 38.2. The van der Waals surface area contributed by atoms with Crippen molar-refractivity contribution in [2.24, 2.45) is 0 Å². The third-order valence-corrected chi connectivity index (χ3v) is 3.96. The minimum atomic E-state index is 0.415. The minimum Gasteiger partial charge on any atom is -0.377 e. The van der Waals surface area contributed by atoms with Gasteiger partial charge >= 0.3 is 0 Å². The van der Waals surface area contributed by atoms with Gasteiger partial charge in [-0.1, -0.05) is 6.42 Å². The van der Waals surface area contributed by atoms with Crippen LogP contribution >= 0.6 is 0 Å². The first-order valence-corrected chi connectivity index (χ1v) is 6.33. The highest BCUT2D eigenvalue weighted by atomic mass is 16.5. The van der Waals surface area contributed by atoms with Crippen LogP contribution in [0, 0.1) is 0 Å². The molecule has 0 spiro atoms. The fourth-order valence-electron chi connectivity index (χ4n) is 2.87. The number of hydrogen-bond donors (Lipinski definition) is 1. The van der Waals surface area contributed by atoms with Gasteiger partial charge in [-0.05, 0) is 39.8 Å². The summed E-state index contributed by atoms with van der Waals surface area (Å²) in [6.07, 6.45) is 5.66. The fraction of sp³-hybridized carbons (Fsp3) is 1.00. The van der Waals surface area contributed by atoms with Crippen LogP contribution in [0.3, 0.4) is 0 Å². The molecule has 15 heavy (non-hydrogen) atoms. The smallest absolute Gasteiger partial charge is 0.0703 e. The average Bonchev–Trinajstić information content (AvgIpc) is 2.53. The van der Waals surface area contributed by atoms with Crippen molar-refractivity contribution in [2.75, 3.05) is 26.7 Å². The molecule has 3 heteroatoms. The van der Waals surface area contributed by atoms with Gasteiger partial charge in [0, 0.05) is 25.2 Å². The zero-order valence-electron chi connectivity index (χ0n) is 10.0. The topological polar surface area (TPSA) is 24.5 Å². The summed E-state index contributed by atoms with van der Waals surface area (Å²) in [7, 11) is 2.27. The second-order valence-electron chi connectivity index (χ2n) is 4.95. The number of ether oxygens (including phenoxy) is 1. The molecule has 0 amide bonds. The molecule has 0 aromatic heterocycles. The second kappa shape index (κ2) is 5.28. The van der Waals surface area contributed by atoms with Crippen LogP contribution in [0.4, 0.5) is 0 Å². The van der Waals surface area contributed by atoms with Crippen LogP contribution in [0.1, 0.15) is 32.6 Å². The largest absolute Gasteiger partial charge is 0.377 e. The highest BCUT2D eigenvalue weighted by molar-refractivity contribution is 4.86. The van der Waals surface area contributed by atoms with E-state index in [0.29, 0.717) is 18.2 Å². The first-order chi connectivity index (χ1) is 7.29. The van der Waals surface area contributed by atoms with E-state index in [2.05, 4.69) is 24.2 Å². The highest BCUT2D eigenvalue weighted by Crippen LogP contribution is 2.22. The van der Waals surface area contributed by atoms with Gasteiger partial charge in [0.1, 0.15) is 0 Å². The molecule has 2 rings (SSSR count). The van der Waals surface area contributed by atoms with Gasteiger partial charge in [0.05, 0.1) is 6.10 Å². The van der Waals surface area contributed by atoms with Crippen LogP contribution in [0.15, 0.2) is 0 Å².